The number of benzene rings is 2. The van der Waals surface area contributed by atoms with Gasteiger partial charge in [-0.2, -0.15) is 5.26 Å². The first-order valence-electron chi connectivity index (χ1n) is 8.52. The van der Waals surface area contributed by atoms with E-state index >= 15 is 0 Å². The number of hydrogen-bond donors (Lipinski definition) is 0. The number of nitriles is 1. The molecule has 0 saturated carbocycles. The second kappa shape index (κ2) is 7.75. The Morgan fingerprint density at radius 3 is 2.73 bits per heavy atom. The average molecular weight is 347 g/mol. The molecule has 0 N–H and O–H groups in total. The van der Waals surface area contributed by atoms with Crippen LogP contribution in [0.1, 0.15) is 24.7 Å². The summed E-state index contributed by atoms with van der Waals surface area (Å²) in [5, 5.41) is 9.67. The van der Waals surface area contributed by atoms with Gasteiger partial charge >= 0.3 is 0 Å². The molecule has 132 valence electrons. The van der Waals surface area contributed by atoms with E-state index < -0.39 is 0 Å². The normalized spacial score (nSPS) is 11.4. The van der Waals surface area contributed by atoms with Gasteiger partial charge in [0.15, 0.2) is 17.3 Å². The van der Waals surface area contributed by atoms with E-state index in [1.54, 1.807) is 7.11 Å². The molecule has 0 aliphatic carbocycles. The Balaban J connectivity index is 2.03. The maximum absolute atomic E-state index is 9.67. The van der Waals surface area contributed by atoms with Crippen LogP contribution < -0.4 is 9.47 Å². The van der Waals surface area contributed by atoms with E-state index in [-0.39, 0.29) is 0 Å². The molecule has 0 fully saturated rings. The van der Waals surface area contributed by atoms with Crippen LogP contribution in [-0.2, 0) is 7.05 Å². The topological polar surface area (TPSA) is 60.1 Å². The van der Waals surface area contributed by atoms with Crippen LogP contribution in [0.4, 0.5) is 0 Å². The second-order valence-corrected chi connectivity index (χ2v) is 5.91. The van der Waals surface area contributed by atoms with Crippen molar-refractivity contribution in [3.05, 3.63) is 53.9 Å². The molecule has 26 heavy (non-hydrogen) atoms. The summed E-state index contributed by atoms with van der Waals surface area (Å²) in [6, 6.07) is 15.7. The molecule has 3 rings (SSSR count). The Hall–Kier alpha value is -3.26. The average Bonchev–Trinajstić information content (AvgIpc) is 3.01. The standard InChI is InChI=1S/C21H21N3O2/c1-4-11-26-20-13-15(9-10-19(20)25-3)12-16(14-22)21-23-17-7-5-6-8-18(17)24(21)2/h5-10,12-13H,4,11H2,1-3H3. The molecule has 0 aliphatic rings. The number of hydrogen-bond acceptors (Lipinski definition) is 4. The van der Waals surface area contributed by atoms with E-state index in [9.17, 15) is 5.26 Å². The third kappa shape index (κ3) is 3.40. The highest BCUT2D eigenvalue weighted by atomic mass is 16.5. The summed E-state index contributed by atoms with van der Waals surface area (Å²) in [6.07, 6.45) is 2.73. The number of para-hydroxylation sites is 2. The van der Waals surface area contributed by atoms with Gasteiger partial charge in [-0.1, -0.05) is 25.1 Å². The Morgan fingerprint density at radius 2 is 2.04 bits per heavy atom. The van der Waals surface area contributed by atoms with Crippen molar-refractivity contribution >= 4 is 22.7 Å². The number of methoxy groups -OCH3 is 1. The lowest BCUT2D eigenvalue weighted by Gasteiger charge is -2.10. The van der Waals surface area contributed by atoms with Crippen molar-refractivity contribution in [2.75, 3.05) is 13.7 Å². The predicted octanol–water partition coefficient (Wildman–Crippen LogP) is 4.43. The molecule has 0 atom stereocenters. The fourth-order valence-electron chi connectivity index (χ4n) is 2.81. The lowest BCUT2D eigenvalue weighted by molar-refractivity contribution is 0.294. The van der Waals surface area contributed by atoms with E-state index in [1.807, 2.05) is 60.2 Å². The Bertz CT molecular complexity index is 996. The van der Waals surface area contributed by atoms with Crippen molar-refractivity contribution in [3.8, 4) is 17.6 Å². The highest BCUT2D eigenvalue weighted by Crippen LogP contribution is 2.30. The van der Waals surface area contributed by atoms with Crippen molar-refractivity contribution in [3.63, 3.8) is 0 Å². The third-order valence-electron chi connectivity index (χ3n) is 4.11. The highest BCUT2D eigenvalue weighted by molar-refractivity contribution is 5.91. The summed E-state index contributed by atoms with van der Waals surface area (Å²) in [7, 11) is 3.53. The largest absolute Gasteiger partial charge is 0.493 e. The van der Waals surface area contributed by atoms with E-state index in [4.69, 9.17) is 9.47 Å². The summed E-state index contributed by atoms with van der Waals surface area (Å²) < 4.78 is 13.0. The SMILES string of the molecule is CCCOc1cc(C=C(C#N)c2nc3ccccc3n2C)ccc1OC. The molecule has 3 aromatic rings. The molecule has 1 aromatic heterocycles. The number of allylic oxidation sites excluding steroid dienone is 1. The van der Waals surface area contributed by atoms with E-state index in [1.165, 1.54) is 0 Å². The van der Waals surface area contributed by atoms with Crippen LogP contribution in [-0.4, -0.2) is 23.3 Å². The maximum Gasteiger partial charge on any atom is 0.161 e. The van der Waals surface area contributed by atoms with Crippen molar-refractivity contribution < 1.29 is 9.47 Å². The minimum absolute atomic E-state index is 0.496. The van der Waals surface area contributed by atoms with Gasteiger partial charge in [0.05, 0.1) is 30.3 Å². The third-order valence-corrected chi connectivity index (χ3v) is 4.11. The first kappa shape index (κ1) is 17.6. The lowest BCUT2D eigenvalue weighted by Crippen LogP contribution is -1.98. The van der Waals surface area contributed by atoms with Crippen LogP contribution in [0.5, 0.6) is 11.5 Å². The number of aromatic nitrogens is 2. The van der Waals surface area contributed by atoms with Gasteiger partial charge in [-0.05, 0) is 42.3 Å². The number of ether oxygens (including phenoxy) is 2. The van der Waals surface area contributed by atoms with Crippen LogP contribution in [0, 0.1) is 11.3 Å². The van der Waals surface area contributed by atoms with E-state index in [0.717, 1.165) is 23.0 Å². The summed E-state index contributed by atoms with van der Waals surface area (Å²) in [5.74, 6) is 1.99. The summed E-state index contributed by atoms with van der Waals surface area (Å²) in [4.78, 5) is 4.60. The van der Waals surface area contributed by atoms with E-state index in [2.05, 4.69) is 18.0 Å². The van der Waals surface area contributed by atoms with Crippen molar-refractivity contribution in [1.29, 1.82) is 5.26 Å². The minimum Gasteiger partial charge on any atom is -0.493 e. The van der Waals surface area contributed by atoms with Gasteiger partial charge < -0.3 is 14.0 Å². The molecule has 0 amide bonds. The van der Waals surface area contributed by atoms with Crippen LogP contribution >= 0.6 is 0 Å². The molecule has 0 bridgehead atoms. The second-order valence-electron chi connectivity index (χ2n) is 5.91. The zero-order chi connectivity index (χ0) is 18.5. The van der Waals surface area contributed by atoms with E-state index in [0.29, 0.717) is 29.5 Å². The van der Waals surface area contributed by atoms with Crippen molar-refractivity contribution in [2.45, 2.75) is 13.3 Å². The fraction of sp³-hybridized carbons (Fsp3) is 0.238. The van der Waals surface area contributed by atoms with Gasteiger partial charge in [0, 0.05) is 7.05 Å². The van der Waals surface area contributed by atoms with Crippen LogP contribution in [0.2, 0.25) is 0 Å². The molecular weight excluding hydrogens is 326 g/mol. The zero-order valence-corrected chi connectivity index (χ0v) is 15.2. The molecular formula is C21H21N3O2. The number of imidazole rings is 1. The van der Waals surface area contributed by atoms with Gasteiger partial charge in [-0.3, -0.25) is 0 Å². The van der Waals surface area contributed by atoms with Crippen LogP contribution in [0.15, 0.2) is 42.5 Å². The molecule has 1 heterocycles. The van der Waals surface area contributed by atoms with Gasteiger partial charge in [0.25, 0.3) is 0 Å². The Labute approximate surface area is 153 Å². The first-order chi connectivity index (χ1) is 12.7. The molecule has 5 nitrogen and oxygen atoms in total. The number of aryl methyl sites for hydroxylation is 1. The highest BCUT2D eigenvalue weighted by Gasteiger charge is 2.12. The number of rotatable bonds is 6. The molecule has 0 saturated heterocycles. The zero-order valence-electron chi connectivity index (χ0n) is 15.2. The Morgan fingerprint density at radius 1 is 1.23 bits per heavy atom. The summed E-state index contributed by atoms with van der Waals surface area (Å²) >= 11 is 0. The molecule has 0 aliphatic heterocycles. The van der Waals surface area contributed by atoms with Gasteiger partial charge in [0.2, 0.25) is 0 Å². The fourth-order valence-corrected chi connectivity index (χ4v) is 2.81. The number of fused-ring (bicyclic) bond motifs is 1. The number of nitrogens with zero attached hydrogens (tertiary/aromatic N) is 3. The Kier molecular flexibility index (Phi) is 5.23. The van der Waals surface area contributed by atoms with Gasteiger partial charge in [0.1, 0.15) is 6.07 Å². The van der Waals surface area contributed by atoms with Crippen molar-refractivity contribution in [2.24, 2.45) is 7.05 Å². The van der Waals surface area contributed by atoms with Crippen LogP contribution in [0.25, 0.3) is 22.7 Å². The molecule has 0 spiro atoms. The summed E-state index contributed by atoms with van der Waals surface area (Å²) in [5.41, 5.74) is 3.22. The first-order valence-corrected chi connectivity index (χ1v) is 8.52. The van der Waals surface area contributed by atoms with Crippen LogP contribution in [0.3, 0.4) is 0 Å². The molecule has 5 heteroatoms. The van der Waals surface area contributed by atoms with Crippen molar-refractivity contribution in [1.82, 2.24) is 9.55 Å². The maximum atomic E-state index is 9.67. The van der Waals surface area contributed by atoms with Gasteiger partial charge in [-0.15, -0.1) is 0 Å². The molecule has 0 radical (unpaired) electrons. The molecule has 2 aromatic carbocycles. The monoisotopic (exact) mass is 347 g/mol. The quantitative estimate of drug-likeness (QED) is 0.619. The molecule has 0 unspecified atom stereocenters. The smallest absolute Gasteiger partial charge is 0.161 e. The minimum atomic E-state index is 0.496. The lowest BCUT2D eigenvalue weighted by atomic mass is 10.1. The predicted molar refractivity (Wildman–Crippen MR) is 103 cm³/mol. The summed E-state index contributed by atoms with van der Waals surface area (Å²) in [6.45, 7) is 2.66. The van der Waals surface area contributed by atoms with Gasteiger partial charge in [-0.25, -0.2) is 4.98 Å².